The molecule has 0 spiro atoms. The van der Waals surface area contributed by atoms with E-state index >= 15 is 0 Å². The molecule has 1 atom stereocenters. The van der Waals surface area contributed by atoms with E-state index in [9.17, 15) is 0 Å². The monoisotopic (exact) mass is 166 g/mol. The van der Waals surface area contributed by atoms with Gasteiger partial charge in [0.1, 0.15) is 12.7 Å². The van der Waals surface area contributed by atoms with Crippen LogP contribution in [0.25, 0.3) is 0 Å². The minimum absolute atomic E-state index is 0.422. The highest BCUT2D eigenvalue weighted by atomic mass is 32.2. The molecule has 2 aliphatic rings. The van der Waals surface area contributed by atoms with Gasteiger partial charge in [0, 0.05) is 0 Å². The molecule has 0 N–H and O–H groups in total. The van der Waals surface area contributed by atoms with E-state index < -0.39 is 4.87 Å². The lowest BCUT2D eigenvalue weighted by Gasteiger charge is -2.19. The van der Waals surface area contributed by atoms with Crippen LogP contribution in [-0.4, -0.2) is 35.9 Å². The summed E-state index contributed by atoms with van der Waals surface area (Å²) in [5.74, 6) is 0.722. The maximum atomic E-state index is 4.18. The molecule has 0 fully saturated rings. The van der Waals surface area contributed by atoms with Gasteiger partial charge in [-0.2, -0.15) is 0 Å². The number of nitrogens with zero attached hydrogens (tertiary/aromatic N) is 4. The molecular formula is C6H6N4S. The molecule has 0 aromatic rings. The SMILES string of the molecule is CSC12C=NC=NC1=NC=N2. The fourth-order valence-corrected chi connectivity index (χ4v) is 1.56. The van der Waals surface area contributed by atoms with Gasteiger partial charge in [0.25, 0.3) is 0 Å². The Morgan fingerprint density at radius 3 is 3.09 bits per heavy atom. The van der Waals surface area contributed by atoms with Crippen LogP contribution >= 0.6 is 11.8 Å². The summed E-state index contributed by atoms with van der Waals surface area (Å²) in [5, 5.41) is 0. The van der Waals surface area contributed by atoms with Crippen molar-refractivity contribution in [3.05, 3.63) is 0 Å². The van der Waals surface area contributed by atoms with Gasteiger partial charge >= 0.3 is 0 Å². The zero-order chi connectivity index (χ0) is 7.73. The predicted molar refractivity (Wildman–Crippen MR) is 49.2 cm³/mol. The quantitative estimate of drug-likeness (QED) is 0.562. The molecule has 2 rings (SSSR count). The lowest BCUT2D eigenvalue weighted by atomic mass is 10.3. The molecule has 0 aliphatic carbocycles. The van der Waals surface area contributed by atoms with Gasteiger partial charge in [-0.15, -0.1) is 11.8 Å². The standard InChI is InChI=1S/C6H6N4S/c1-11-6-2-7-3-8-5(6)9-4-10-6/h2-4H,1H3. The maximum absolute atomic E-state index is 4.18. The van der Waals surface area contributed by atoms with Crippen LogP contribution in [0.4, 0.5) is 0 Å². The molecule has 2 heterocycles. The summed E-state index contributed by atoms with van der Waals surface area (Å²) in [4.78, 5) is 15.7. The van der Waals surface area contributed by atoms with E-state index in [4.69, 9.17) is 0 Å². The number of hydrogen-bond donors (Lipinski definition) is 0. The number of amidine groups is 1. The third-order valence-electron chi connectivity index (χ3n) is 1.56. The number of thioether (sulfide) groups is 1. The first kappa shape index (κ1) is 6.72. The molecular weight excluding hydrogens is 160 g/mol. The zero-order valence-electron chi connectivity index (χ0n) is 5.93. The summed E-state index contributed by atoms with van der Waals surface area (Å²) >= 11 is 1.57. The second-order valence-corrected chi connectivity index (χ2v) is 3.15. The minimum Gasteiger partial charge on any atom is -0.245 e. The molecule has 11 heavy (non-hydrogen) atoms. The molecule has 0 radical (unpaired) electrons. The van der Waals surface area contributed by atoms with Gasteiger partial charge in [-0.1, -0.05) is 0 Å². The molecule has 2 aliphatic heterocycles. The van der Waals surface area contributed by atoms with E-state index in [2.05, 4.69) is 20.0 Å². The molecule has 0 saturated carbocycles. The number of rotatable bonds is 1. The van der Waals surface area contributed by atoms with Gasteiger partial charge in [0.2, 0.25) is 4.87 Å². The van der Waals surface area contributed by atoms with E-state index in [0.29, 0.717) is 0 Å². The van der Waals surface area contributed by atoms with Crippen molar-refractivity contribution in [2.24, 2.45) is 20.0 Å². The second kappa shape index (κ2) is 2.27. The van der Waals surface area contributed by atoms with Crippen LogP contribution in [0.5, 0.6) is 0 Å². The van der Waals surface area contributed by atoms with Gasteiger partial charge in [-0.3, -0.25) is 0 Å². The van der Waals surface area contributed by atoms with Crippen molar-refractivity contribution in [2.45, 2.75) is 4.87 Å². The Hall–Kier alpha value is -0.970. The van der Waals surface area contributed by atoms with Crippen LogP contribution in [0, 0.1) is 0 Å². The highest BCUT2D eigenvalue weighted by molar-refractivity contribution is 8.01. The number of fused-ring (bicyclic) bond motifs is 1. The molecule has 56 valence electrons. The van der Waals surface area contributed by atoms with Crippen molar-refractivity contribution in [3.8, 4) is 0 Å². The van der Waals surface area contributed by atoms with E-state index in [1.807, 2.05) is 6.26 Å². The summed E-state index contributed by atoms with van der Waals surface area (Å²) in [7, 11) is 0. The summed E-state index contributed by atoms with van der Waals surface area (Å²) in [6.45, 7) is 0. The van der Waals surface area contributed by atoms with Gasteiger partial charge in [0.15, 0.2) is 5.84 Å². The molecule has 0 aromatic carbocycles. The third kappa shape index (κ3) is 0.841. The van der Waals surface area contributed by atoms with E-state index in [0.717, 1.165) is 5.84 Å². The fourth-order valence-electron chi connectivity index (χ4n) is 0.956. The molecule has 0 aromatic heterocycles. The first-order chi connectivity index (χ1) is 5.37. The topological polar surface area (TPSA) is 49.4 Å². The largest absolute Gasteiger partial charge is 0.245 e. The van der Waals surface area contributed by atoms with E-state index in [1.54, 1.807) is 18.0 Å². The highest BCUT2D eigenvalue weighted by Gasteiger charge is 2.36. The van der Waals surface area contributed by atoms with Crippen molar-refractivity contribution >= 4 is 36.5 Å². The smallest absolute Gasteiger partial charge is 0.202 e. The maximum Gasteiger partial charge on any atom is 0.202 e. The second-order valence-electron chi connectivity index (χ2n) is 2.12. The zero-order valence-corrected chi connectivity index (χ0v) is 6.75. The lowest BCUT2D eigenvalue weighted by Crippen LogP contribution is -2.32. The van der Waals surface area contributed by atoms with Crippen molar-refractivity contribution in [3.63, 3.8) is 0 Å². The summed E-state index contributed by atoms with van der Waals surface area (Å²) in [5.41, 5.74) is 0. The van der Waals surface area contributed by atoms with E-state index in [1.165, 1.54) is 12.7 Å². The fraction of sp³-hybridized carbons (Fsp3) is 0.333. The van der Waals surface area contributed by atoms with Crippen molar-refractivity contribution in [2.75, 3.05) is 6.26 Å². The van der Waals surface area contributed by atoms with Crippen LogP contribution in [0.1, 0.15) is 0 Å². The van der Waals surface area contributed by atoms with Gasteiger partial charge < -0.3 is 0 Å². The normalized spacial score (nSPS) is 32.3. The number of aliphatic imine (C=N–C) groups is 4. The molecule has 0 bridgehead atoms. The van der Waals surface area contributed by atoms with Crippen molar-refractivity contribution in [1.29, 1.82) is 0 Å². The summed E-state index contributed by atoms with van der Waals surface area (Å²) in [6.07, 6.45) is 6.74. The molecule has 0 amide bonds. The Morgan fingerprint density at radius 2 is 2.36 bits per heavy atom. The van der Waals surface area contributed by atoms with Crippen LogP contribution in [0.2, 0.25) is 0 Å². The molecule has 0 saturated heterocycles. The van der Waals surface area contributed by atoms with Gasteiger partial charge in [0.05, 0.1) is 6.21 Å². The lowest BCUT2D eigenvalue weighted by molar-refractivity contribution is 1.09. The average Bonchev–Trinajstić information content (AvgIpc) is 2.48. The van der Waals surface area contributed by atoms with Crippen LogP contribution in [0.15, 0.2) is 20.0 Å². The molecule has 5 heteroatoms. The Kier molecular flexibility index (Phi) is 1.38. The third-order valence-corrected chi connectivity index (χ3v) is 2.57. The van der Waals surface area contributed by atoms with Gasteiger partial charge in [-0.25, -0.2) is 20.0 Å². The summed E-state index contributed by atoms with van der Waals surface area (Å²) < 4.78 is 0. The van der Waals surface area contributed by atoms with E-state index in [-0.39, 0.29) is 0 Å². The highest BCUT2D eigenvalue weighted by Crippen LogP contribution is 2.29. The van der Waals surface area contributed by atoms with Crippen molar-refractivity contribution < 1.29 is 0 Å². The minimum atomic E-state index is -0.422. The number of hydrogen-bond acceptors (Lipinski definition) is 5. The van der Waals surface area contributed by atoms with Gasteiger partial charge in [-0.05, 0) is 6.26 Å². The first-order valence-corrected chi connectivity index (χ1v) is 4.34. The Balaban J connectivity index is 2.46. The first-order valence-electron chi connectivity index (χ1n) is 3.11. The van der Waals surface area contributed by atoms with Crippen molar-refractivity contribution in [1.82, 2.24) is 0 Å². The molecule has 4 nitrogen and oxygen atoms in total. The Labute approximate surface area is 68.3 Å². The van der Waals surface area contributed by atoms with Crippen LogP contribution in [0.3, 0.4) is 0 Å². The summed E-state index contributed by atoms with van der Waals surface area (Å²) in [6, 6.07) is 0. The Morgan fingerprint density at radius 1 is 1.45 bits per heavy atom. The van der Waals surface area contributed by atoms with Crippen LogP contribution < -0.4 is 0 Å². The molecule has 1 unspecified atom stereocenters. The Bertz CT molecular complexity index is 291. The van der Waals surface area contributed by atoms with Crippen LogP contribution in [-0.2, 0) is 0 Å². The average molecular weight is 166 g/mol. The predicted octanol–water partition coefficient (Wildman–Crippen LogP) is 0.599.